The van der Waals surface area contributed by atoms with Gasteiger partial charge in [-0.2, -0.15) is 0 Å². The fourth-order valence-electron chi connectivity index (χ4n) is 1.85. The van der Waals surface area contributed by atoms with Crippen molar-refractivity contribution in [1.82, 2.24) is 0 Å². The molecule has 6 heteroatoms. The highest BCUT2D eigenvalue weighted by atomic mass is 35.5. The van der Waals surface area contributed by atoms with Crippen molar-refractivity contribution >= 4 is 23.0 Å². The zero-order chi connectivity index (χ0) is 14.5. The molecule has 104 valence electrons. The lowest BCUT2D eigenvalue weighted by Crippen LogP contribution is -2.03. The van der Waals surface area contributed by atoms with E-state index in [2.05, 4.69) is 5.32 Å². The lowest BCUT2D eigenvalue weighted by molar-refractivity contribution is -0.385. The molecule has 0 heterocycles. The smallest absolute Gasteiger partial charge is 0.274 e. The fraction of sp³-hybridized carbons (Fsp3) is 0.143. The molecular formula is C14H13ClN2O3. The molecule has 0 fully saturated rings. The van der Waals surface area contributed by atoms with E-state index < -0.39 is 4.92 Å². The Kier molecular flexibility index (Phi) is 4.55. The summed E-state index contributed by atoms with van der Waals surface area (Å²) in [4.78, 5) is 10.5. The molecule has 0 aromatic heterocycles. The minimum atomic E-state index is -0.433. The van der Waals surface area contributed by atoms with Gasteiger partial charge in [0, 0.05) is 23.3 Å². The van der Waals surface area contributed by atoms with E-state index in [1.54, 1.807) is 24.3 Å². The topological polar surface area (TPSA) is 75.4 Å². The van der Waals surface area contributed by atoms with Crippen LogP contribution in [0, 0.1) is 10.1 Å². The van der Waals surface area contributed by atoms with Crippen LogP contribution in [0.4, 0.5) is 11.4 Å². The van der Waals surface area contributed by atoms with Crippen LogP contribution in [0.3, 0.4) is 0 Å². The van der Waals surface area contributed by atoms with Gasteiger partial charge in [0.1, 0.15) is 0 Å². The van der Waals surface area contributed by atoms with Gasteiger partial charge in [-0.15, -0.1) is 0 Å². The van der Waals surface area contributed by atoms with Crippen LogP contribution in [0.15, 0.2) is 42.5 Å². The summed E-state index contributed by atoms with van der Waals surface area (Å²) in [5.74, 6) is 0. The van der Waals surface area contributed by atoms with Gasteiger partial charge in [0.15, 0.2) is 0 Å². The normalized spacial score (nSPS) is 10.3. The van der Waals surface area contributed by atoms with Gasteiger partial charge in [-0.3, -0.25) is 10.1 Å². The van der Waals surface area contributed by atoms with E-state index in [0.29, 0.717) is 10.6 Å². The Morgan fingerprint density at radius 2 is 2.05 bits per heavy atom. The summed E-state index contributed by atoms with van der Waals surface area (Å²) in [7, 11) is 0. The first kappa shape index (κ1) is 14.3. The molecule has 0 aliphatic rings. The second-order valence-corrected chi connectivity index (χ2v) is 4.68. The molecule has 20 heavy (non-hydrogen) atoms. The Morgan fingerprint density at radius 3 is 2.75 bits per heavy atom. The van der Waals surface area contributed by atoms with E-state index in [1.165, 1.54) is 12.1 Å². The molecule has 2 rings (SSSR count). The maximum Gasteiger partial charge on any atom is 0.274 e. The quantitative estimate of drug-likeness (QED) is 0.654. The van der Waals surface area contributed by atoms with E-state index in [-0.39, 0.29) is 18.8 Å². The molecule has 0 spiro atoms. The van der Waals surface area contributed by atoms with Crippen molar-refractivity contribution in [1.29, 1.82) is 0 Å². The molecule has 0 saturated heterocycles. The molecule has 0 unspecified atom stereocenters. The van der Waals surface area contributed by atoms with E-state index in [4.69, 9.17) is 16.7 Å². The van der Waals surface area contributed by atoms with E-state index >= 15 is 0 Å². The van der Waals surface area contributed by atoms with Gasteiger partial charge in [-0.05, 0) is 29.8 Å². The second kappa shape index (κ2) is 6.36. The third-order valence-corrected chi connectivity index (χ3v) is 3.07. The second-order valence-electron chi connectivity index (χ2n) is 4.24. The Morgan fingerprint density at radius 1 is 1.25 bits per heavy atom. The van der Waals surface area contributed by atoms with Gasteiger partial charge in [0.2, 0.25) is 0 Å². The van der Waals surface area contributed by atoms with Crippen LogP contribution in [0.5, 0.6) is 0 Å². The van der Waals surface area contributed by atoms with Crippen molar-refractivity contribution in [3.8, 4) is 0 Å². The highest BCUT2D eigenvalue weighted by molar-refractivity contribution is 6.30. The van der Waals surface area contributed by atoms with Crippen molar-refractivity contribution < 1.29 is 10.0 Å². The number of aliphatic hydroxyl groups is 1. The van der Waals surface area contributed by atoms with Crippen molar-refractivity contribution in [3.05, 3.63) is 68.7 Å². The van der Waals surface area contributed by atoms with Crippen molar-refractivity contribution in [2.45, 2.75) is 13.2 Å². The minimum Gasteiger partial charge on any atom is -0.392 e. The summed E-state index contributed by atoms with van der Waals surface area (Å²) in [5.41, 5.74) is 2.10. The third kappa shape index (κ3) is 3.46. The van der Waals surface area contributed by atoms with Crippen molar-refractivity contribution in [2.24, 2.45) is 0 Å². The van der Waals surface area contributed by atoms with E-state index in [0.717, 1.165) is 11.3 Å². The van der Waals surface area contributed by atoms with E-state index in [9.17, 15) is 10.1 Å². The van der Waals surface area contributed by atoms with Crippen LogP contribution >= 0.6 is 11.6 Å². The minimum absolute atomic E-state index is 0.0280. The maximum absolute atomic E-state index is 10.9. The monoisotopic (exact) mass is 292 g/mol. The number of rotatable bonds is 5. The highest BCUT2D eigenvalue weighted by Crippen LogP contribution is 2.23. The molecule has 2 aromatic carbocycles. The molecule has 0 atom stereocenters. The number of anilines is 1. The molecule has 0 radical (unpaired) electrons. The Labute approximate surface area is 121 Å². The largest absolute Gasteiger partial charge is 0.392 e. The average molecular weight is 293 g/mol. The molecule has 5 nitrogen and oxygen atoms in total. The summed E-state index contributed by atoms with van der Waals surface area (Å²) < 4.78 is 0. The van der Waals surface area contributed by atoms with Gasteiger partial charge in [-0.1, -0.05) is 23.7 Å². The molecule has 0 bridgehead atoms. The van der Waals surface area contributed by atoms with Crippen LogP contribution in [0.2, 0.25) is 5.02 Å². The number of aliphatic hydroxyl groups excluding tert-OH is 1. The molecule has 0 saturated carbocycles. The van der Waals surface area contributed by atoms with Crippen LogP contribution in [0.25, 0.3) is 0 Å². The Bertz CT molecular complexity index is 632. The summed E-state index contributed by atoms with van der Waals surface area (Å²) in [6.07, 6.45) is 0. The van der Waals surface area contributed by atoms with Gasteiger partial charge in [0.05, 0.1) is 17.1 Å². The molecule has 2 N–H and O–H groups in total. The summed E-state index contributed by atoms with van der Waals surface area (Å²) in [5, 5.41) is 23.6. The summed E-state index contributed by atoms with van der Waals surface area (Å²) in [6, 6.07) is 11.7. The van der Waals surface area contributed by atoms with Crippen molar-refractivity contribution in [3.63, 3.8) is 0 Å². The van der Waals surface area contributed by atoms with Gasteiger partial charge in [-0.25, -0.2) is 0 Å². The van der Waals surface area contributed by atoms with Crippen LogP contribution < -0.4 is 5.32 Å². The number of nitrogens with zero attached hydrogens (tertiary/aromatic N) is 1. The summed E-state index contributed by atoms with van der Waals surface area (Å²) >= 11 is 5.87. The third-order valence-electron chi connectivity index (χ3n) is 2.83. The first-order valence-electron chi connectivity index (χ1n) is 5.96. The molecule has 0 aliphatic carbocycles. The number of nitrogens with one attached hydrogen (secondary N) is 1. The molecule has 0 aliphatic heterocycles. The first-order chi connectivity index (χ1) is 9.60. The number of benzene rings is 2. The first-order valence-corrected chi connectivity index (χ1v) is 6.34. The average Bonchev–Trinajstić information content (AvgIpc) is 2.45. The van der Waals surface area contributed by atoms with Gasteiger partial charge < -0.3 is 10.4 Å². The Balaban J connectivity index is 2.17. The molecular weight excluding hydrogens is 280 g/mol. The lowest BCUT2D eigenvalue weighted by atomic mass is 10.1. The SMILES string of the molecule is O=[N+]([O-])c1ccc(Cl)cc1CNc1cccc(CO)c1. The number of halogens is 1. The zero-order valence-corrected chi connectivity index (χ0v) is 11.3. The highest BCUT2D eigenvalue weighted by Gasteiger charge is 2.13. The van der Waals surface area contributed by atoms with Crippen LogP contribution in [-0.2, 0) is 13.2 Å². The number of hydrogen-bond acceptors (Lipinski definition) is 4. The Hall–Kier alpha value is -2.11. The zero-order valence-electron chi connectivity index (χ0n) is 10.5. The van der Waals surface area contributed by atoms with Crippen LogP contribution in [0.1, 0.15) is 11.1 Å². The lowest BCUT2D eigenvalue weighted by Gasteiger charge is -2.08. The number of hydrogen-bond donors (Lipinski definition) is 2. The van der Waals surface area contributed by atoms with E-state index in [1.807, 2.05) is 6.07 Å². The van der Waals surface area contributed by atoms with Gasteiger partial charge >= 0.3 is 0 Å². The maximum atomic E-state index is 10.9. The summed E-state index contributed by atoms with van der Waals surface area (Å²) in [6.45, 7) is 0.235. The molecule has 2 aromatic rings. The van der Waals surface area contributed by atoms with Crippen LogP contribution in [-0.4, -0.2) is 10.0 Å². The standard InChI is InChI=1S/C14H13ClN2O3/c15-12-4-5-14(17(19)20)11(7-12)8-16-13-3-1-2-10(6-13)9-18/h1-7,16,18H,8-9H2. The molecule has 0 amide bonds. The number of nitro groups is 1. The number of nitro benzene ring substituents is 1. The van der Waals surface area contributed by atoms with Gasteiger partial charge in [0.25, 0.3) is 5.69 Å². The predicted molar refractivity (Wildman–Crippen MR) is 77.8 cm³/mol. The fourth-order valence-corrected chi connectivity index (χ4v) is 2.05. The predicted octanol–water partition coefficient (Wildman–Crippen LogP) is 3.35. The van der Waals surface area contributed by atoms with Crippen molar-refractivity contribution in [2.75, 3.05) is 5.32 Å².